The number of phenolic OH excluding ortho intramolecular Hbond substituents is 2. The molecule has 0 heterocycles. The number of phenols is 2. The van der Waals surface area contributed by atoms with Gasteiger partial charge in [-0.25, -0.2) is 0 Å². The number of aromatic hydroxyl groups is 2. The van der Waals surface area contributed by atoms with Crippen molar-refractivity contribution in [1.29, 1.82) is 0 Å². The third-order valence-electron chi connectivity index (χ3n) is 2.22. The van der Waals surface area contributed by atoms with Crippen molar-refractivity contribution in [3.8, 4) is 11.5 Å². The smallest absolute Gasteiger partial charge is 0.218 e. The summed E-state index contributed by atoms with van der Waals surface area (Å²) in [6, 6.07) is 4.34. The molecule has 1 rings (SSSR count). The van der Waals surface area contributed by atoms with Gasteiger partial charge < -0.3 is 21.3 Å². The fourth-order valence-corrected chi connectivity index (χ4v) is 1.36. The highest BCUT2D eigenvalue weighted by atomic mass is 16.3. The third kappa shape index (κ3) is 3.78. The number of rotatable bonds is 5. The highest BCUT2D eigenvalue weighted by molar-refractivity contribution is 5.74. The van der Waals surface area contributed by atoms with Crippen LogP contribution < -0.4 is 11.1 Å². The van der Waals surface area contributed by atoms with Gasteiger partial charge in [0.25, 0.3) is 0 Å². The van der Waals surface area contributed by atoms with Crippen LogP contribution in [0.3, 0.4) is 0 Å². The lowest BCUT2D eigenvalue weighted by molar-refractivity contribution is -0.118. The Balaban J connectivity index is 2.51. The van der Waals surface area contributed by atoms with E-state index in [1.54, 1.807) is 6.07 Å². The number of carbonyl (C=O) groups excluding carboxylic acids is 1. The van der Waals surface area contributed by atoms with Gasteiger partial charge in [-0.15, -0.1) is 0 Å². The molecule has 1 amide bonds. The average Bonchev–Trinajstić information content (AvgIpc) is 2.15. The highest BCUT2D eigenvalue weighted by Crippen LogP contribution is 2.22. The highest BCUT2D eigenvalue weighted by Gasteiger charge is 2.07. The largest absolute Gasteiger partial charge is 0.508 e. The second kappa shape index (κ2) is 5.37. The molecule has 0 aromatic heterocycles. The molecular formula is C11H16N2O3. The molecule has 5 N–H and O–H groups in total. The Hall–Kier alpha value is -1.75. The summed E-state index contributed by atoms with van der Waals surface area (Å²) in [6.07, 6.45) is 0.249. The first kappa shape index (κ1) is 12.3. The van der Waals surface area contributed by atoms with Gasteiger partial charge in [-0.3, -0.25) is 4.79 Å². The standard InChI is InChI=1S/C11H16N2O3/c1-7(4-11(12)16)13-6-8-2-3-9(14)5-10(8)15/h2-3,5,7,13-15H,4,6H2,1H3,(H2,12,16). The first-order valence-electron chi connectivity index (χ1n) is 5.01. The topological polar surface area (TPSA) is 95.6 Å². The SMILES string of the molecule is CC(CC(N)=O)NCc1ccc(O)cc1O. The van der Waals surface area contributed by atoms with E-state index in [4.69, 9.17) is 10.8 Å². The fraction of sp³-hybridized carbons (Fsp3) is 0.364. The van der Waals surface area contributed by atoms with Crippen LogP contribution in [0, 0.1) is 0 Å². The monoisotopic (exact) mass is 224 g/mol. The van der Waals surface area contributed by atoms with Crippen LogP contribution in [0.15, 0.2) is 18.2 Å². The van der Waals surface area contributed by atoms with E-state index in [1.165, 1.54) is 12.1 Å². The summed E-state index contributed by atoms with van der Waals surface area (Å²) in [5.74, 6) is -0.319. The van der Waals surface area contributed by atoms with Crippen LogP contribution in [0.1, 0.15) is 18.9 Å². The van der Waals surface area contributed by atoms with Crippen LogP contribution in [0.2, 0.25) is 0 Å². The average molecular weight is 224 g/mol. The zero-order valence-corrected chi connectivity index (χ0v) is 9.10. The number of carbonyl (C=O) groups is 1. The van der Waals surface area contributed by atoms with Crippen LogP contribution >= 0.6 is 0 Å². The van der Waals surface area contributed by atoms with Crippen LogP contribution in [0.25, 0.3) is 0 Å². The molecule has 0 aliphatic rings. The second-order valence-electron chi connectivity index (χ2n) is 3.77. The molecule has 1 unspecified atom stereocenters. The quantitative estimate of drug-likeness (QED) is 0.584. The maximum absolute atomic E-state index is 10.6. The Bertz CT molecular complexity index is 379. The Morgan fingerprint density at radius 1 is 1.50 bits per heavy atom. The minimum absolute atomic E-state index is 0.0198. The van der Waals surface area contributed by atoms with Crippen molar-refractivity contribution >= 4 is 5.91 Å². The van der Waals surface area contributed by atoms with E-state index in [0.29, 0.717) is 12.1 Å². The molecule has 1 aromatic rings. The van der Waals surface area contributed by atoms with Gasteiger partial charge in [0.2, 0.25) is 5.91 Å². The first-order valence-corrected chi connectivity index (χ1v) is 5.01. The Morgan fingerprint density at radius 3 is 2.75 bits per heavy atom. The molecule has 0 aliphatic heterocycles. The van der Waals surface area contributed by atoms with Gasteiger partial charge in [-0.2, -0.15) is 0 Å². The van der Waals surface area contributed by atoms with E-state index < -0.39 is 0 Å². The summed E-state index contributed by atoms with van der Waals surface area (Å²) < 4.78 is 0. The molecule has 16 heavy (non-hydrogen) atoms. The maximum Gasteiger partial charge on any atom is 0.218 e. The Kier molecular flexibility index (Phi) is 4.13. The van der Waals surface area contributed by atoms with Gasteiger partial charge in [-0.1, -0.05) is 6.07 Å². The van der Waals surface area contributed by atoms with E-state index in [-0.39, 0.29) is 29.9 Å². The predicted octanol–water partition coefficient (Wildman–Crippen LogP) is 0.451. The minimum Gasteiger partial charge on any atom is -0.508 e. The number of amides is 1. The van der Waals surface area contributed by atoms with Crippen molar-refractivity contribution in [2.24, 2.45) is 5.73 Å². The molecule has 88 valence electrons. The normalized spacial score (nSPS) is 12.3. The van der Waals surface area contributed by atoms with Gasteiger partial charge in [0.15, 0.2) is 0 Å². The van der Waals surface area contributed by atoms with Crippen molar-refractivity contribution in [2.45, 2.75) is 25.9 Å². The molecule has 0 aliphatic carbocycles. The van der Waals surface area contributed by atoms with Crippen molar-refractivity contribution in [3.05, 3.63) is 23.8 Å². The van der Waals surface area contributed by atoms with Crippen LogP contribution in [-0.4, -0.2) is 22.2 Å². The summed E-state index contributed by atoms with van der Waals surface area (Å²) in [5.41, 5.74) is 5.71. The molecular weight excluding hydrogens is 208 g/mol. The summed E-state index contributed by atoms with van der Waals surface area (Å²) in [4.78, 5) is 10.6. The molecule has 0 saturated carbocycles. The number of hydrogen-bond donors (Lipinski definition) is 4. The van der Waals surface area contributed by atoms with E-state index in [2.05, 4.69) is 5.32 Å². The van der Waals surface area contributed by atoms with E-state index in [9.17, 15) is 9.90 Å². The van der Waals surface area contributed by atoms with Crippen LogP contribution in [0.5, 0.6) is 11.5 Å². The molecule has 1 aromatic carbocycles. The van der Waals surface area contributed by atoms with Crippen molar-refractivity contribution < 1.29 is 15.0 Å². The van der Waals surface area contributed by atoms with Crippen LogP contribution in [-0.2, 0) is 11.3 Å². The molecule has 5 heteroatoms. The summed E-state index contributed by atoms with van der Waals surface area (Å²) in [6.45, 7) is 2.25. The molecule has 0 saturated heterocycles. The lowest BCUT2D eigenvalue weighted by atomic mass is 10.1. The van der Waals surface area contributed by atoms with Gasteiger partial charge in [0.1, 0.15) is 11.5 Å². The van der Waals surface area contributed by atoms with Crippen molar-refractivity contribution in [2.75, 3.05) is 0 Å². The molecule has 1 atom stereocenters. The van der Waals surface area contributed by atoms with Crippen molar-refractivity contribution in [3.63, 3.8) is 0 Å². The summed E-state index contributed by atoms with van der Waals surface area (Å²) in [5, 5.41) is 21.6. The zero-order valence-electron chi connectivity index (χ0n) is 9.10. The number of benzene rings is 1. The number of nitrogens with one attached hydrogen (secondary N) is 1. The fourth-order valence-electron chi connectivity index (χ4n) is 1.36. The van der Waals surface area contributed by atoms with Gasteiger partial charge >= 0.3 is 0 Å². The van der Waals surface area contributed by atoms with E-state index >= 15 is 0 Å². The number of nitrogens with two attached hydrogens (primary N) is 1. The molecule has 5 nitrogen and oxygen atoms in total. The predicted molar refractivity (Wildman–Crippen MR) is 59.9 cm³/mol. The second-order valence-corrected chi connectivity index (χ2v) is 3.77. The van der Waals surface area contributed by atoms with Gasteiger partial charge in [0.05, 0.1) is 0 Å². The number of hydrogen-bond acceptors (Lipinski definition) is 4. The Morgan fingerprint density at radius 2 is 2.19 bits per heavy atom. The summed E-state index contributed by atoms with van der Waals surface area (Å²) >= 11 is 0. The Labute approximate surface area is 93.9 Å². The van der Waals surface area contributed by atoms with Gasteiger partial charge in [-0.05, 0) is 13.0 Å². The summed E-state index contributed by atoms with van der Waals surface area (Å²) in [7, 11) is 0. The van der Waals surface area contributed by atoms with Crippen LogP contribution in [0.4, 0.5) is 0 Å². The van der Waals surface area contributed by atoms with E-state index in [1.807, 2.05) is 6.92 Å². The molecule has 0 radical (unpaired) electrons. The van der Waals surface area contributed by atoms with Gasteiger partial charge in [0, 0.05) is 30.6 Å². The molecule has 0 spiro atoms. The van der Waals surface area contributed by atoms with E-state index in [0.717, 1.165) is 0 Å². The maximum atomic E-state index is 10.6. The lowest BCUT2D eigenvalue weighted by Crippen LogP contribution is -2.30. The third-order valence-corrected chi connectivity index (χ3v) is 2.22. The lowest BCUT2D eigenvalue weighted by Gasteiger charge is -2.12. The number of primary amides is 1. The molecule has 0 fully saturated rings. The first-order chi connectivity index (χ1) is 7.49. The van der Waals surface area contributed by atoms with Crippen molar-refractivity contribution in [1.82, 2.24) is 5.32 Å². The zero-order chi connectivity index (χ0) is 12.1. The minimum atomic E-state index is -0.366. The molecule has 0 bridgehead atoms.